The summed E-state index contributed by atoms with van der Waals surface area (Å²) in [5.41, 5.74) is 1.58. The fourth-order valence-corrected chi connectivity index (χ4v) is 4.69. The van der Waals surface area contributed by atoms with E-state index >= 15 is 0 Å². The lowest BCUT2D eigenvalue weighted by Crippen LogP contribution is -2.42. The molecule has 0 amide bonds. The van der Waals surface area contributed by atoms with Crippen LogP contribution in [0.5, 0.6) is 0 Å². The van der Waals surface area contributed by atoms with E-state index in [9.17, 15) is 13.5 Å². The minimum absolute atomic E-state index is 0.0719. The third kappa shape index (κ3) is 3.30. The molecule has 2 unspecified atom stereocenters. The Bertz CT molecular complexity index is 598. The highest BCUT2D eigenvalue weighted by molar-refractivity contribution is 7.89. The summed E-state index contributed by atoms with van der Waals surface area (Å²) in [5.74, 6) is 0.390. The average Bonchev–Trinajstić information content (AvgIpc) is 2.47. The Morgan fingerprint density at radius 3 is 2.57 bits per heavy atom. The van der Waals surface area contributed by atoms with Gasteiger partial charge in [-0.05, 0) is 48.9 Å². The molecule has 0 spiro atoms. The predicted molar refractivity (Wildman–Crippen MR) is 83.5 cm³/mol. The molecule has 0 saturated heterocycles. The molecule has 2 rings (SSSR count). The summed E-state index contributed by atoms with van der Waals surface area (Å²) < 4.78 is 27.1. The summed E-state index contributed by atoms with van der Waals surface area (Å²) in [6.07, 6.45) is 4.28. The monoisotopic (exact) mass is 311 g/mol. The molecule has 2 atom stereocenters. The summed E-state index contributed by atoms with van der Waals surface area (Å²) in [5, 5.41) is 9.33. The van der Waals surface area contributed by atoms with Crippen molar-refractivity contribution in [2.24, 2.45) is 5.92 Å². The molecule has 21 heavy (non-hydrogen) atoms. The number of nitrogens with zero attached hydrogens (tertiary/aromatic N) is 1. The van der Waals surface area contributed by atoms with Crippen LogP contribution in [-0.2, 0) is 16.6 Å². The van der Waals surface area contributed by atoms with Gasteiger partial charge in [0, 0.05) is 13.1 Å². The van der Waals surface area contributed by atoms with Crippen molar-refractivity contribution in [3.05, 3.63) is 29.3 Å². The Morgan fingerprint density at radius 1 is 1.29 bits per heavy atom. The SMILES string of the molecule is Cc1ccc(S(=O)(=O)N(C)C2CCCCC2C)cc1CO. The largest absolute Gasteiger partial charge is 0.392 e. The molecule has 1 fully saturated rings. The van der Waals surface area contributed by atoms with Crippen LogP contribution in [0, 0.1) is 12.8 Å². The number of benzene rings is 1. The molecule has 0 heterocycles. The number of aryl methyl sites for hydroxylation is 1. The van der Waals surface area contributed by atoms with Gasteiger partial charge in [-0.2, -0.15) is 4.31 Å². The maximum atomic E-state index is 12.8. The quantitative estimate of drug-likeness (QED) is 0.930. The lowest BCUT2D eigenvalue weighted by molar-refractivity contribution is 0.213. The molecule has 5 heteroatoms. The Labute approximate surface area is 127 Å². The molecule has 1 aliphatic rings. The topological polar surface area (TPSA) is 57.6 Å². The molecule has 118 valence electrons. The molecule has 1 aliphatic carbocycles. The maximum Gasteiger partial charge on any atom is 0.243 e. The van der Waals surface area contributed by atoms with Crippen LogP contribution < -0.4 is 0 Å². The van der Waals surface area contributed by atoms with Crippen molar-refractivity contribution in [2.45, 2.75) is 57.1 Å². The van der Waals surface area contributed by atoms with Crippen LogP contribution in [-0.4, -0.2) is 30.9 Å². The minimum Gasteiger partial charge on any atom is -0.392 e. The van der Waals surface area contributed by atoms with Crippen LogP contribution in [0.1, 0.15) is 43.7 Å². The van der Waals surface area contributed by atoms with E-state index in [1.807, 2.05) is 6.92 Å². The lowest BCUT2D eigenvalue weighted by atomic mass is 9.86. The molecule has 1 aromatic rings. The van der Waals surface area contributed by atoms with Crippen molar-refractivity contribution < 1.29 is 13.5 Å². The number of hydrogen-bond acceptors (Lipinski definition) is 3. The smallest absolute Gasteiger partial charge is 0.243 e. The second kappa shape index (κ2) is 6.46. The van der Waals surface area contributed by atoms with E-state index in [-0.39, 0.29) is 17.5 Å². The van der Waals surface area contributed by atoms with E-state index in [0.717, 1.165) is 24.8 Å². The third-order valence-corrected chi connectivity index (χ3v) is 6.58. The first-order chi connectivity index (χ1) is 9.87. The number of aliphatic hydroxyl groups excluding tert-OH is 1. The maximum absolute atomic E-state index is 12.8. The Balaban J connectivity index is 2.32. The lowest BCUT2D eigenvalue weighted by Gasteiger charge is -2.35. The van der Waals surface area contributed by atoms with Crippen molar-refractivity contribution >= 4 is 10.0 Å². The van der Waals surface area contributed by atoms with Crippen molar-refractivity contribution in [3.63, 3.8) is 0 Å². The second-order valence-corrected chi connectivity index (χ2v) is 8.09. The van der Waals surface area contributed by atoms with Gasteiger partial charge in [0.25, 0.3) is 0 Å². The molecule has 0 aliphatic heterocycles. The number of hydrogen-bond donors (Lipinski definition) is 1. The summed E-state index contributed by atoms with van der Waals surface area (Å²) in [7, 11) is -1.82. The summed E-state index contributed by atoms with van der Waals surface area (Å²) in [4.78, 5) is 0.275. The zero-order valence-electron chi connectivity index (χ0n) is 13.0. The van der Waals surface area contributed by atoms with E-state index in [2.05, 4.69) is 6.92 Å². The molecule has 1 saturated carbocycles. The van der Waals surface area contributed by atoms with E-state index in [4.69, 9.17) is 0 Å². The Morgan fingerprint density at radius 2 is 1.95 bits per heavy atom. The van der Waals surface area contributed by atoms with Gasteiger partial charge in [0.1, 0.15) is 0 Å². The highest BCUT2D eigenvalue weighted by Crippen LogP contribution is 2.31. The fraction of sp³-hybridized carbons (Fsp3) is 0.625. The van der Waals surface area contributed by atoms with E-state index in [0.29, 0.717) is 11.5 Å². The zero-order valence-corrected chi connectivity index (χ0v) is 13.9. The molecule has 1 N–H and O–H groups in total. The van der Waals surface area contributed by atoms with E-state index < -0.39 is 10.0 Å². The van der Waals surface area contributed by atoms with Crippen molar-refractivity contribution in [1.82, 2.24) is 4.31 Å². The first-order valence-electron chi connectivity index (χ1n) is 7.56. The molecule has 4 nitrogen and oxygen atoms in total. The summed E-state index contributed by atoms with van der Waals surface area (Å²) in [6.45, 7) is 3.86. The summed E-state index contributed by atoms with van der Waals surface area (Å²) in [6, 6.07) is 5.06. The van der Waals surface area contributed by atoms with E-state index in [1.165, 1.54) is 10.7 Å². The van der Waals surface area contributed by atoms with Gasteiger partial charge in [0.05, 0.1) is 11.5 Å². The van der Waals surface area contributed by atoms with Gasteiger partial charge >= 0.3 is 0 Å². The normalized spacial score (nSPS) is 23.5. The molecule has 0 bridgehead atoms. The third-order valence-electron chi connectivity index (χ3n) is 4.70. The van der Waals surface area contributed by atoms with Gasteiger partial charge in [-0.1, -0.05) is 25.8 Å². The zero-order chi connectivity index (χ0) is 15.6. The van der Waals surface area contributed by atoms with Gasteiger partial charge in [-0.15, -0.1) is 0 Å². The van der Waals surface area contributed by atoms with Crippen LogP contribution in [0.4, 0.5) is 0 Å². The van der Waals surface area contributed by atoms with Crippen LogP contribution in [0.3, 0.4) is 0 Å². The highest BCUT2D eigenvalue weighted by Gasteiger charge is 2.33. The first kappa shape index (κ1) is 16.5. The first-order valence-corrected chi connectivity index (χ1v) is 9.00. The van der Waals surface area contributed by atoms with Crippen LogP contribution >= 0.6 is 0 Å². The molecular weight excluding hydrogens is 286 g/mol. The van der Waals surface area contributed by atoms with E-state index in [1.54, 1.807) is 25.2 Å². The van der Waals surface area contributed by atoms with Crippen molar-refractivity contribution in [2.75, 3.05) is 7.05 Å². The highest BCUT2D eigenvalue weighted by atomic mass is 32.2. The van der Waals surface area contributed by atoms with Gasteiger partial charge < -0.3 is 5.11 Å². The molecule has 1 aromatic carbocycles. The standard InChI is InChI=1S/C16H25NO3S/c1-12-8-9-15(10-14(12)11-18)21(19,20)17(3)16-7-5-4-6-13(16)2/h8-10,13,16,18H,4-7,11H2,1-3H3. The van der Waals surface area contributed by atoms with Crippen molar-refractivity contribution in [1.29, 1.82) is 0 Å². The molecular formula is C16H25NO3S. The van der Waals surface area contributed by atoms with Gasteiger partial charge in [-0.3, -0.25) is 0 Å². The van der Waals surface area contributed by atoms with Crippen molar-refractivity contribution in [3.8, 4) is 0 Å². The summed E-state index contributed by atoms with van der Waals surface area (Å²) >= 11 is 0. The fourth-order valence-electron chi connectivity index (χ4n) is 3.16. The second-order valence-electron chi connectivity index (χ2n) is 6.10. The number of aliphatic hydroxyl groups is 1. The Hall–Kier alpha value is -0.910. The minimum atomic E-state index is -3.50. The van der Waals surface area contributed by atoms with Crippen LogP contribution in [0.25, 0.3) is 0 Å². The average molecular weight is 311 g/mol. The Kier molecular flexibility index (Phi) is 5.07. The predicted octanol–water partition coefficient (Wildman–Crippen LogP) is 2.69. The van der Waals surface area contributed by atoms with Crippen LogP contribution in [0.2, 0.25) is 0 Å². The van der Waals surface area contributed by atoms with Crippen LogP contribution in [0.15, 0.2) is 23.1 Å². The van der Waals surface area contributed by atoms with Gasteiger partial charge in [-0.25, -0.2) is 8.42 Å². The number of sulfonamides is 1. The van der Waals surface area contributed by atoms with Gasteiger partial charge in [0.2, 0.25) is 10.0 Å². The molecule has 0 aromatic heterocycles. The number of rotatable bonds is 4. The van der Waals surface area contributed by atoms with Gasteiger partial charge in [0.15, 0.2) is 0 Å². The molecule has 0 radical (unpaired) electrons.